The van der Waals surface area contributed by atoms with Crippen molar-refractivity contribution in [1.82, 2.24) is 4.90 Å². The monoisotopic (exact) mass is 511 g/mol. The van der Waals surface area contributed by atoms with Gasteiger partial charge in [0, 0.05) is 23.6 Å². The molecule has 2 aliphatic rings. The molecule has 0 atom stereocenters. The summed E-state index contributed by atoms with van der Waals surface area (Å²) in [5, 5.41) is 0.899. The number of nitrogens with zero attached hydrogens (tertiary/aromatic N) is 1. The summed E-state index contributed by atoms with van der Waals surface area (Å²) in [5.74, 6) is 1.28. The average Bonchev–Trinajstić information content (AvgIpc) is 3.14. The van der Waals surface area contributed by atoms with Gasteiger partial charge >= 0.3 is 6.09 Å². The third-order valence-corrected chi connectivity index (χ3v) is 8.63. The maximum absolute atomic E-state index is 13.5. The molecule has 7 nitrogen and oxygen atoms in total. The molecule has 0 saturated heterocycles. The van der Waals surface area contributed by atoms with E-state index in [1.807, 2.05) is 45.6 Å². The SMILES string of the molecule is CC(C)Oc1cccc(S(=O)(=O)c2ccc3c4c(oc3c2)C2(CCC2)N(C(=O)OC(C)(C)C)CC4)c1. The van der Waals surface area contributed by atoms with E-state index in [4.69, 9.17) is 13.9 Å². The van der Waals surface area contributed by atoms with E-state index in [0.717, 1.165) is 36.0 Å². The molecule has 8 heteroatoms. The Balaban J connectivity index is 1.53. The number of hydrogen-bond donors (Lipinski definition) is 0. The highest BCUT2D eigenvalue weighted by Crippen LogP contribution is 2.52. The number of ether oxygens (including phenoxy) is 2. The first-order valence-electron chi connectivity index (χ1n) is 12.5. The molecule has 1 aromatic heterocycles. The number of carbonyl (C=O) groups is 1. The molecule has 1 aliphatic carbocycles. The van der Waals surface area contributed by atoms with Gasteiger partial charge < -0.3 is 13.9 Å². The molecule has 0 N–H and O–H groups in total. The Bertz CT molecular complexity index is 1430. The molecule has 0 unspecified atom stereocenters. The molecule has 192 valence electrons. The lowest BCUT2D eigenvalue weighted by molar-refractivity contribution is -0.0425. The molecule has 1 spiro atoms. The zero-order valence-electron chi connectivity index (χ0n) is 21.5. The van der Waals surface area contributed by atoms with E-state index in [2.05, 4.69) is 0 Å². The molecule has 0 bridgehead atoms. The van der Waals surface area contributed by atoms with Gasteiger partial charge in [0.1, 0.15) is 28.2 Å². The van der Waals surface area contributed by atoms with Crippen LogP contribution in [-0.2, 0) is 26.5 Å². The summed E-state index contributed by atoms with van der Waals surface area (Å²) in [4.78, 5) is 15.2. The average molecular weight is 512 g/mol. The topological polar surface area (TPSA) is 86.1 Å². The molecule has 36 heavy (non-hydrogen) atoms. The summed E-state index contributed by atoms with van der Waals surface area (Å²) >= 11 is 0. The second-order valence-corrected chi connectivity index (χ2v) is 12.9. The van der Waals surface area contributed by atoms with E-state index in [-0.39, 0.29) is 22.0 Å². The van der Waals surface area contributed by atoms with Crippen molar-refractivity contribution in [2.75, 3.05) is 6.54 Å². The lowest BCUT2D eigenvalue weighted by Gasteiger charge is -2.51. The van der Waals surface area contributed by atoms with Crippen molar-refractivity contribution in [3.05, 3.63) is 53.8 Å². The third kappa shape index (κ3) is 4.15. The van der Waals surface area contributed by atoms with Crippen LogP contribution in [0, 0.1) is 0 Å². The van der Waals surface area contributed by atoms with Gasteiger partial charge in [0.15, 0.2) is 0 Å². The summed E-state index contributed by atoms with van der Waals surface area (Å²) in [6, 6.07) is 11.6. The Morgan fingerprint density at radius 1 is 1.08 bits per heavy atom. The zero-order chi connectivity index (χ0) is 25.9. The Labute approximate surface area is 212 Å². The van der Waals surface area contributed by atoms with E-state index >= 15 is 0 Å². The zero-order valence-corrected chi connectivity index (χ0v) is 22.3. The van der Waals surface area contributed by atoms with E-state index in [1.165, 1.54) is 0 Å². The first-order chi connectivity index (χ1) is 16.9. The molecular weight excluding hydrogens is 478 g/mol. The number of furan rings is 1. The van der Waals surface area contributed by atoms with Gasteiger partial charge in [0.2, 0.25) is 9.84 Å². The second-order valence-electron chi connectivity index (χ2n) is 11.0. The third-order valence-electron chi connectivity index (χ3n) is 6.88. The van der Waals surface area contributed by atoms with Gasteiger partial charge in [0.05, 0.1) is 15.9 Å². The molecule has 1 fully saturated rings. The fourth-order valence-electron chi connectivity index (χ4n) is 5.20. The number of hydrogen-bond acceptors (Lipinski definition) is 6. The standard InChI is InChI=1S/C28H33NO6S/c1-18(2)33-19-8-6-9-20(16-19)36(31,32)21-10-11-22-23-12-15-29(26(30)35-27(3,4)5)28(13-7-14-28)25(23)34-24(22)17-21/h6,8-11,16-18H,7,12-15H2,1-5H3. The van der Waals surface area contributed by atoms with Crippen molar-refractivity contribution >= 4 is 26.9 Å². The minimum absolute atomic E-state index is 0.0622. The van der Waals surface area contributed by atoms with Crippen molar-refractivity contribution in [3.63, 3.8) is 0 Å². The van der Waals surface area contributed by atoms with Crippen LogP contribution in [0.1, 0.15) is 65.2 Å². The molecular formula is C28H33NO6S. The van der Waals surface area contributed by atoms with Crippen molar-refractivity contribution in [1.29, 1.82) is 0 Å². The molecule has 1 amide bonds. The molecule has 0 radical (unpaired) electrons. The summed E-state index contributed by atoms with van der Waals surface area (Å²) < 4.78 is 44.7. The minimum atomic E-state index is -3.78. The summed E-state index contributed by atoms with van der Waals surface area (Å²) in [6.07, 6.45) is 2.82. The van der Waals surface area contributed by atoms with Crippen LogP contribution in [0.3, 0.4) is 0 Å². The first-order valence-corrected chi connectivity index (χ1v) is 14.0. The first kappa shape index (κ1) is 24.7. The predicted molar refractivity (Wildman–Crippen MR) is 136 cm³/mol. The largest absolute Gasteiger partial charge is 0.491 e. The van der Waals surface area contributed by atoms with Gasteiger partial charge in [-0.25, -0.2) is 13.2 Å². The van der Waals surface area contributed by atoms with Crippen LogP contribution in [0.5, 0.6) is 5.75 Å². The van der Waals surface area contributed by atoms with Crippen LogP contribution in [0.2, 0.25) is 0 Å². The van der Waals surface area contributed by atoms with E-state index < -0.39 is 21.0 Å². The molecule has 2 heterocycles. The number of fused-ring (bicyclic) bond motifs is 4. The van der Waals surface area contributed by atoms with Gasteiger partial charge in [-0.2, -0.15) is 0 Å². The van der Waals surface area contributed by atoms with Crippen LogP contribution < -0.4 is 4.74 Å². The predicted octanol–water partition coefficient (Wildman–Crippen LogP) is 6.23. The van der Waals surface area contributed by atoms with Gasteiger partial charge in [0.25, 0.3) is 0 Å². The van der Waals surface area contributed by atoms with Gasteiger partial charge in [-0.15, -0.1) is 0 Å². The fraction of sp³-hybridized carbons (Fsp3) is 0.464. The van der Waals surface area contributed by atoms with Crippen LogP contribution in [-0.4, -0.2) is 37.7 Å². The lowest BCUT2D eigenvalue weighted by atomic mass is 9.70. The number of rotatable bonds is 4. The Morgan fingerprint density at radius 3 is 2.44 bits per heavy atom. The van der Waals surface area contributed by atoms with Crippen molar-refractivity contribution < 1.29 is 27.1 Å². The van der Waals surface area contributed by atoms with Crippen molar-refractivity contribution in [2.24, 2.45) is 0 Å². The van der Waals surface area contributed by atoms with Crippen LogP contribution in [0.4, 0.5) is 4.79 Å². The number of benzene rings is 2. The maximum atomic E-state index is 13.5. The normalized spacial score (nSPS) is 17.2. The van der Waals surface area contributed by atoms with E-state index in [0.29, 0.717) is 24.3 Å². The Hall–Kier alpha value is -3.00. The van der Waals surface area contributed by atoms with E-state index in [1.54, 1.807) is 36.4 Å². The van der Waals surface area contributed by atoms with Crippen molar-refractivity contribution in [3.8, 4) is 5.75 Å². The number of sulfone groups is 1. The summed E-state index contributed by atoms with van der Waals surface area (Å²) in [6.45, 7) is 9.92. The van der Waals surface area contributed by atoms with Crippen LogP contribution in [0.15, 0.2) is 56.7 Å². The highest BCUT2D eigenvalue weighted by molar-refractivity contribution is 7.91. The van der Waals surface area contributed by atoms with Crippen molar-refractivity contribution in [2.45, 2.75) is 87.3 Å². The van der Waals surface area contributed by atoms with Gasteiger partial charge in [-0.1, -0.05) is 6.07 Å². The Morgan fingerprint density at radius 2 is 1.81 bits per heavy atom. The fourth-order valence-corrected chi connectivity index (χ4v) is 6.51. The second kappa shape index (κ2) is 8.54. The quantitative estimate of drug-likeness (QED) is 0.413. The Kier molecular flexibility index (Phi) is 5.86. The smallest absolute Gasteiger partial charge is 0.411 e. The molecule has 1 aliphatic heterocycles. The van der Waals surface area contributed by atoms with Gasteiger partial charge in [-0.05, 0) is 90.6 Å². The summed E-state index contributed by atoms with van der Waals surface area (Å²) in [5.41, 5.74) is 0.460. The van der Waals surface area contributed by atoms with Crippen LogP contribution >= 0.6 is 0 Å². The highest BCUT2D eigenvalue weighted by Gasteiger charge is 2.53. The van der Waals surface area contributed by atoms with Gasteiger partial charge in [-0.3, -0.25) is 4.90 Å². The minimum Gasteiger partial charge on any atom is -0.491 e. The van der Waals surface area contributed by atoms with E-state index in [9.17, 15) is 13.2 Å². The maximum Gasteiger partial charge on any atom is 0.411 e. The molecule has 5 rings (SSSR count). The summed E-state index contributed by atoms with van der Waals surface area (Å²) in [7, 11) is -3.78. The highest BCUT2D eigenvalue weighted by atomic mass is 32.2. The number of amides is 1. The number of carbonyl (C=O) groups excluding carboxylic acids is 1. The molecule has 3 aromatic rings. The van der Waals surface area contributed by atoms with Crippen LogP contribution in [0.25, 0.3) is 11.0 Å². The molecule has 2 aromatic carbocycles. The lowest BCUT2D eigenvalue weighted by Crippen LogP contribution is -2.57. The molecule has 1 saturated carbocycles.